The van der Waals surface area contributed by atoms with Crippen molar-refractivity contribution in [2.45, 2.75) is 62.8 Å². The average molecular weight is 719 g/mol. The third-order valence-electron chi connectivity index (χ3n) is 8.40. The van der Waals surface area contributed by atoms with Crippen molar-refractivity contribution in [3.05, 3.63) is 60.0 Å². The maximum atomic E-state index is 13.6. The van der Waals surface area contributed by atoms with Crippen LogP contribution in [0.4, 0.5) is 5.69 Å². The van der Waals surface area contributed by atoms with Crippen molar-refractivity contribution in [3.63, 3.8) is 0 Å². The molecule has 1 aliphatic carbocycles. The van der Waals surface area contributed by atoms with Crippen LogP contribution in [0.5, 0.6) is 0 Å². The Bertz CT molecular complexity index is 1860. The maximum Gasteiger partial charge on any atom is 0.241 e. The van der Waals surface area contributed by atoms with Crippen LogP contribution in [-0.2, 0) is 24.2 Å². The van der Waals surface area contributed by atoms with Gasteiger partial charge < -0.3 is 20.3 Å². The van der Waals surface area contributed by atoms with Crippen LogP contribution in [-0.4, -0.2) is 58.8 Å². The Labute approximate surface area is 291 Å². The van der Waals surface area contributed by atoms with Crippen LogP contribution >= 0.6 is 23.6 Å². The highest BCUT2D eigenvalue weighted by atomic mass is 35.5. The third-order valence-corrected chi connectivity index (χ3v) is 10.8. The molecule has 14 heteroatoms. The molecular formula is C34H43ClN4O7S2. The second kappa shape index (κ2) is 17.6. The molecule has 1 aliphatic heterocycles. The highest BCUT2D eigenvalue weighted by Gasteiger charge is 2.27. The number of unbranched alkanes of at least 4 members (excludes halogenated alkanes) is 1. The summed E-state index contributed by atoms with van der Waals surface area (Å²) >= 11 is 6.39. The zero-order chi connectivity index (χ0) is 34.8. The number of anilines is 1. The van der Waals surface area contributed by atoms with Crippen molar-refractivity contribution >= 4 is 56.1 Å². The number of carbonyl (C=O) groups is 1. The number of nitrogens with two attached hydrogens (primary N) is 1. The van der Waals surface area contributed by atoms with Gasteiger partial charge in [-0.05, 0) is 83.0 Å². The van der Waals surface area contributed by atoms with Gasteiger partial charge in [0, 0.05) is 52.3 Å². The van der Waals surface area contributed by atoms with Gasteiger partial charge in [-0.2, -0.15) is 4.33 Å². The lowest BCUT2D eigenvalue weighted by Crippen LogP contribution is -2.41. The van der Waals surface area contributed by atoms with Gasteiger partial charge in [-0.1, -0.05) is 12.5 Å². The number of hydrogen-bond donors (Lipinski definition) is 2. The first-order chi connectivity index (χ1) is 23.2. The number of Topliss-reactive ketones (excluding diaryl/α,β-unsaturated/α-hetero) is 1. The quantitative estimate of drug-likeness (QED) is 0.0283. The van der Waals surface area contributed by atoms with E-state index in [2.05, 4.69) is 46.9 Å². The molecule has 0 fully saturated rings. The molecule has 0 aromatic heterocycles. The molecule has 4 rings (SSSR count). The average Bonchev–Trinajstić information content (AvgIpc) is 3.09. The van der Waals surface area contributed by atoms with E-state index >= 15 is 0 Å². The van der Waals surface area contributed by atoms with E-state index < -0.39 is 21.8 Å². The second-order valence-corrected chi connectivity index (χ2v) is 13.8. The van der Waals surface area contributed by atoms with Gasteiger partial charge >= 0.3 is 0 Å². The van der Waals surface area contributed by atoms with Crippen LogP contribution in [0, 0.1) is 0 Å². The zero-order valence-corrected chi connectivity index (χ0v) is 30.1. The fraction of sp³-hybridized carbons (Fsp3) is 0.412. The van der Waals surface area contributed by atoms with Gasteiger partial charge in [0.2, 0.25) is 15.4 Å². The second-order valence-electron chi connectivity index (χ2n) is 11.1. The summed E-state index contributed by atoms with van der Waals surface area (Å²) in [6.07, 6.45) is 1.44. The van der Waals surface area contributed by atoms with Crippen LogP contribution in [0.3, 0.4) is 0 Å². The number of benzene rings is 3. The fourth-order valence-corrected chi connectivity index (χ4v) is 7.93. The summed E-state index contributed by atoms with van der Waals surface area (Å²) in [4.78, 5) is 14.9. The van der Waals surface area contributed by atoms with Crippen molar-refractivity contribution in [3.8, 4) is 22.5 Å². The van der Waals surface area contributed by atoms with Crippen molar-refractivity contribution in [1.82, 2.24) is 9.30 Å². The van der Waals surface area contributed by atoms with E-state index in [-0.39, 0.29) is 17.2 Å². The number of sulfonamides is 1. The summed E-state index contributed by atoms with van der Waals surface area (Å²) < 4.78 is 43.3. The van der Waals surface area contributed by atoms with Crippen molar-refractivity contribution < 1.29 is 32.3 Å². The molecule has 0 amide bonds. The molecule has 2 aromatic rings. The molecule has 1 heterocycles. The van der Waals surface area contributed by atoms with Gasteiger partial charge in [0.25, 0.3) is 0 Å². The molecule has 1 unspecified atom stereocenters. The number of carbonyl (C=O) groups excluding carboxylic acids is 1. The minimum absolute atomic E-state index is 0.128. The van der Waals surface area contributed by atoms with E-state index in [1.807, 2.05) is 36.4 Å². The molecule has 0 spiro atoms. The first-order valence-corrected chi connectivity index (χ1v) is 18.8. The Morgan fingerprint density at radius 1 is 1.04 bits per heavy atom. The number of fused-ring (bicyclic) bond motifs is 2. The number of halogens is 1. The highest BCUT2D eigenvalue weighted by molar-refractivity contribution is 7.94. The predicted molar refractivity (Wildman–Crippen MR) is 189 cm³/mol. The van der Waals surface area contributed by atoms with Crippen LogP contribution in [0.25, 0.3) is 33.4 Å². The maximum absolute atomic E-state index is 13.6. The number of nitrogens with one attached hydrogen (secondary N) is 1. The van der Waals surface area contributed by atoms with Crippen molar-refractivity contribution in [2.24, 2.45) is 5.73 Å². The molecule has 11 nitrogen and oxygen atoms in total. The largest absolute Gasteiger partial charge is 0.691 e. The third kappa shape index (κ3) is 8.58. The molecule has 0 saturated carbocycles. The number of ketones is 1. The van der Waals surface area contributed by atoms with Crippen molar-refractivity contribution in [2.75, 3.05) is 43.5 Å². The van der Waals surface area contributed by atoms with E-state index in [1.54, 1.807) is 6.07 Å². The first-order valence-electron chi connectivity index (χ1n) is 16.1. The van der Waals surface area contributed by atoms with Crippen LogP contribution in [0.1, 0.15) is 47.0 Å². The van der Waals surface area contributed by atoms with E-state index in [0.717, 1.165) is 53.7 Å². The van der Waals surface area contributed by atoms with Gasteiger partial charge in [-0.25, -0.2) is 17.7 Å². The molecule has 0 saturated heterocycles. The number of rotatable bonds is 18. The summed E-state index contributed by atoms with van der Waals surface area (Å²) in [7, 11) is -4.20. The molecule has 260 valence electrons. The Morgan fingerprint density at radius 3 is 2.42 bits per heavy atom. The normalized spacial score (nSPS) is 12.5. The SMILES string of the molecule is CCN(CC)c1ccc2c(-c3ccc(S(=O)(=O)NC(CCCCN)C(=O)CCl)cc3SOO[O-])c3ccc(=[N+](CC)CC)cc-3oc2c1. The van der Waals surface area contributed by atoms with E-state index in [0.29, 0.717) is 53.2 Å². The molecular weight excluding hydrogens is 676 g/mol. The summed E-state index contributed by atoms with van der Waals surface area (Å²) in [6.45, 7) is 12.0. The van der Waals surface area contributed by atoms with E-state index in [4.69, 9.17) is 26.1 Å². The minimum Gasteiger partial charge on any atom is -0.691 e. The van der Waals surface area contributed by atoms with Gasteiger partial charge in [0.05, 0.1) is 34.9 Å². The Kier molecular flexibility index (Phi) is 13.9. The molecule has 0 radical (unpaired) electrons. The lowest BCUT2D eigenvalue weighted by atomic mass is 9.93. The standard InChI is InChI=1S/C34H43ClN4O7S2/c1-5-38(6-2)23-12-15-26-31(19-23)44-32-20-24(39(7-3)8-4)13-16-27(32)34(26)28-17-14-25(21-33(28)47-46-45-41)48(42,43)37-29(30(40)22-35)11-9-10-18-36/h12-17,19-21,29,37H,5-11,18,22,36H2,1-4H3. The van der Waals surface area contributed by atoms with Crippen LogP contribution in [0.2, 0.25) is 0 Å². The van der Waals surface area contributed by atoms with Crippen LogP contribution < -0.4 is 30.5 Å². The minimum atomic E-state index is -4.20. The van der Waals surface area contributed by atoms with E-state index in [1.165, 1.54) is 12.1 Å². The summed E-state index contributed by atoms with van der Waals surface area (Å²) in [5, 5.41) is 16.5. The highest BCUT2D eigenvalue weighted by Crippen LogP contribution is 2.44. The lowest BCUT2D eigenvalue weighted by molar-refractivity contribution is -0.777. The number of alkyl halides is 1. The molecule has 1 atom stereocenters. The molecule has 3 N–H and O–H groups in total. The summed E-state index contributed by atoms with van der Waals surface area (Å²) in [5.41, 5.74) is 9.35. The Balaban J connectivity index is 1.96. The predicted octanol–water partition coefficient (Wildman–Crippen LogP) is 4.68. The number of hydrogen-bond acceptors (Lipinski definition) is 10. The van der Waals surface area contributed by atoms with E-state index in [9.17, 15) is 18.5 Å². The van der Waals surface area contributed by atoms with Gasteiger partial charge in [0.1, 0.15) is 24.4 Å². The van der Waals surface area contributed by atoms with Gasteiger partial charge in [0.15, 0.2) is 5.78 Å². The lowest BCUT2D eigenvalue weighted by Gasteiger charge is -2.23. The monoisotopic (exact) mass is 718 g/mol. The molecule has 0 bridgehead atoms. The van der Waals surface area contributed by atoms with Crippen LogP contribution in [0.15, 0.2) is 68.8 Å². The van der Waals surface area contributed by atoms with Crippen molar-refractivity contribution in [1.29, 1.82) is 0 Å². The van der Waals surface area contributed by atoms with Gasteiger partial charge in [-0.3, -0.25) is 9.83 Å². The number of nitrogens with zero attached hydrogens (tertiary/aromatic N) is 2. The smallest absolute Gasteiger partial charge is 0.241 e. The Hall–Kier alpha value is -3.01. The first kappa shape index (κ1) is 37.8. The summed E-state index contributed by atoms with van der Waals surface area (Å²) in [5.74, 6) is -0.144. The van der Waals surface area contributed by atoms with Gasteiger partial charge in [-0.15, -0.1) is 11.6 Å². The molecule has 2 aliphatic rings. The topological polar surface area (TPSA) is 150 Å². The fourth-order valence-electron chi connectivity index (χ4n) is 5.85. The Morgan fingerprint density at radius 2 is 1.77 bits per heavy atom. The molecule has 48 heavy (non-hydrogen) atoms. The molecule has 2 aromatic carbocycles. The summed E-state index contributed by atoms with van der Waals surface area (Å²) in [6, 6.07) is 15.5. The zero-order valence-electron chi connectivity index (χ0n) is 27.7.